The van der Waals surface area contributed by atoms with Crippen molar-refractivity contribution in [1.82, 2.24) is 9.97 Å². The lowest BCUT2D eigenvalue weighted by molar-refractivity contribution is 0.669. The van der Waals surface area contributed by atoms with E-state index in [-0.39, 0.29) is 0 Å². The minimum Gasteiger partial charge on any atom is -0.456 e. The number of nitrogens with zero attached hydrogens (tertiary/aromatic N) is 2. The lowest BCUT2D eigenvalue weighted by Gasteiger charge is -2.09. The van der Waals surface area contributed by atoms with Gasteiger partial charge in [-0.05, 0) is 52.6 Å². The van der Waals surface area contributed by atoms with E-state index in [0.29, 0.717) is 0 Å². The van der Waals surface area contributed by atoms with Gasteiger partial charge in [-0.3, -0.25) is 0 Å². The van der Waals surface area contributed by atoms with E-state index in [4.69, 9.17) is 14.4 Å². The van der Waals surface area contributed by atoms with Gasteiger partial charge in [-0.15, -0.1) is 0 Å². The predicted octanol–water partition coefficient (Wildman–Crippen LogP) is 11.4. The van der Waals surface area contributed by atoms with Crippen LogP contribution in [0.25, 0.3) is 88.5 Å². The SMILES string of the molecule is c1ccc(-c2ccc3ccc4ccc(-c5ccc(-c6ccc(-c7ccc8oc9ccccc9c8c7)cc6)cc5)nc4c3n2)cc1. The number of furan rings is 1. The summed E-state index contributed by atoms with van der Waals surface area (Å²) in [7, 11) is 0. The van der Waals surface area contributed by atoms with Crippen LogP contribution >= 0.6 is 0 Å². The Morgan fingerprint density at radius 3 is 1.44 bits per heavy atom. The Labute approximate surface area is 260 Å². The Kier molecular flexibility index (Phi) is 5.82. The first kappa shape index (κ1) is 25.4. The molecule has 3 nitrogen and oxygen atoms in total. The van der Waals surface area contributed by atoms with E-state index in [2.05, 4.69) is 127 Å². The number of hydrogen-bond acceptors (Lipinski definition) is 3. The Hall–Kier alpha value is -6.06. The van der Waals surface area contributed by atoms with Crippen LogP contribution in [0.3, 0.4) is 0 Å². The number of para-hydroxylation sites is 1. The van der Waals surface area contributed by atoms with Crippen molar-refractivity contribution in [1.29, 1.82) is 0 Å². The largest absolute Gasteiger partial charge is 0.456 e. The molecule has 6 aromatic carbocycles. The second kappa shape index (κ2) is 10.3. The topological polar surface area (TPSA) is 38.9 Å². The van der Waals surface area contributed by atoms with E-state index < -0.39 is 0 Å². The molecule has 0 bridgehead atoms. The number of hydrogen-bond donors (Lipinski definition) is 0. The summed E-state index contributed by atoms with van der Waals surface area (Å²) in [6, 6.07) is 55.1. The van der Waals surface area contributed by atoms with Crippen LogP contribution in [-0.4, -0.2) is 9.97 Å². The molecule has 0 spiro atoms. The van der Waals surface area contributed by atoms with Crippen LogP contribution in [0.1, 0.15) is 0 Å². The summed E-state index contributed by atoms with van der Waals surface area (Å²) < 4.78 is 6.02. The maximum absolute atomic E-state index is 6.02. The lowest BCUT2D eigenvalue weighted by Crippen LogP contribution is -1.91. The first-order chi connectivity index (χ1) is 22.3. The molecule has 0 aliphatic rings. The number of fused-ring (bicyclic) bond motifs is 6. The molecule has 0 saturated heterocycles. The number of benzene rings is 6. The third-order valence-corrected chi connectivity index (χ3v) is 8.70. The maximum atomic E-state index is 6.02. The third-order valence-electron chi connectivity index (χ3n) is 8.70. The molecule has 3 heterocycles. The van der Waals surface area contributed by atoms with E-state index in [0.717, 1.165) is 66.3 Å². The summed E-state index contributed by atoms with van der Waals surface area (Å²) in [4.78, 5) is 10.2. The summed E-state index contributed by atoms with van der Waals surface area (Å²) >= 11 is 0. The molecule has 3 aromatic heterocycles. The van der Waals surface area contributed by atoms with E-state index in [1.165, 1.54) is 22.3 Å². The van der Waals surface area contributed by atoms with Crippen molar-refractivity contribution in [2.24, 2.45) is 0 Å². The zero-order valence-electron chi connectivity index (χ0n) is 24.3. The highest BCUT2D eigenvalue weighted by molar-refractivity contribution is 6.06. The molecule has 0 aliphatic heterocycles. The highest BCUT2D eigenvalue weighted by Gasteiger charge is 2.11. The molecule has 0 unspecified atom stereocenters. The average Bonchev–Trinajstić information content (AvgIpc) is 3.50. The van der Waals surface area contributed by atoms with Gasteiger partial charge in [0.05, 0.1) is 22.4 Å². The highest BCUT2D eigenvalue weighted by Crippen LogP contribution is 2.34. The molecule has 0 amide bonds. The summed E-state index contributed by atoms with van der Waals surface area (Å²) in [6.07, 6.45) is 0. The van der Waals surface area contributed by atoms with Gasteiger partial charge in [0.25, 0.3) is 0 Å². The number of pyridine rings is 2. The van der Waals surface area contributed by atoms with Gasteiger partial charge in [-0.1, -0.05) is 127 Å². The molecular weight excluding hydrogens is 548 g/mol. The van der Waals surface area contributed by atoms with Crippen LogP contribution < -0.4 is 0 Å². The minimum absolute atomic E-state index is 0.916. The molecule has 0 radical (unpaired) electrons. The minimum atomic E-state index is 0.916. The monoisotopic (exact) mass is 574 g/mol. The van der Waals surface area contributed by atoms with E-state index in [9.17, 15) is 0 Å². The number of rotatable bonds is 4. The van der Waals surface area contributed by atoms with Crippen LogP contribution in [0.4, 0.5) is 0 Å². The Morgan fingerprint density at radius 1 is 0.333 bits per heavy atom. The van der Waals surface area contributed by atoms with Crippen molar-refractivity contribution < 1.29 is 4.42 Å². The molecule has 210 valence electrons. The van der Waals surface area contributed by atoms with Crippen molar-refractivity contribution >= 4 is 43.7 Å². The van der Waals surface area contributed by atoms with Crippen LogP contribution in [0.15, 0.2) is 162 Å². The molecular formula is C42H26N2O. The number of aromatic nitrogens is 2. The first-order valence-electron chi connectivity index (χ1n) is 15.2. The molecule has 9 rings (SSSR count). The van der Waals surface area contributed by atoms with Crippen LogP contribution in [-0.2, 0) is 0 Å². The van der Waals surface area contributed by atoms with Gasteiger partial charge in [0.15, 0.2) is 0 Å². The molecule has 0 atom stereocenters. The molecule has 9 aromatic rings. The van der Waals surface area contributed by atoms with E-state index in [1.807, 2.05) is 30.3 Å². The summed E-state index contributed by atoms with van der Waals surface area (Å²) in [5.74, 6) is 0. The third kappa shape index (κ3) is 4.45. The van der Waals surface area contributed by atoms with E-state index in [1.54, 1.807) is 0 Å². The Bertz CT molecular complexity index is 2510. The highest BCUT2D eigenvalue weighted by atomic mass is 16.3. The molecule has 3 heteroatoms. The fraction of sp³-hybridized carbons (Fsp3) is 0. The predicted molar refractivity (Wildman–Crippen MR) is 186 cm³/mol. The van der Waals surface area contributed by atoms with Gasteiger partial charge in [0.1, 0.15) is 11.2 Å². The summed E-state index contributed by atoms with van der Waals surface area (Å²) in [5, 5.41) is 4.46. The molecule has 45 heavy (non-hydrogen) atoms. The van der Waals surface area contributed by atoms with Crippen molar-refractivity contribution in [2.45, 2.75) is 0 Å². The molecule has 0 fully saturated rings. The van der Waals surface area contributed by atoms with Gasteiger partial charge >= 0.3 is 0 Å². The van der Waals surface area contributed by atoms with Crippen molar-refractivity contribution in [3.8, 4) is 44.8 Å². The average molecular weight is 575 g/mol. The van der Waals surface area contributed by atoms with Crippen LogP contribution in [0.5, 0.6) is 0 Å². The van der Waals surface area contributed by atoms with E-state index >= 15 is 0 Å². The Morgan fingerprint density at radius 2 is 0.800 bits per heavy atom. The van der Waals surface area contributed by atoms with Crippen LogP contribution in [0, 0.1) is 0 Å². The van der Waals surface area contributed by atoms with Gasteiger partial charge in [-0.25, -0.2) is 9.97 Å². The quantitative estimate of drug-likeness (QED) is 0.196. The second-order valence-corrected chi connectivity index (χ2v) is 11.4. The van der Waals surface area contributed by atoms with Crippen LogP contribution in [0.2, 0.25) is 0 Å². The van der Waals surface area contributed by atoms with Gasteiger partial charge < -0.3 is 4.42 Å². The Balaban J connectivity index is 1.02. The summed E-state index contributed by atoms with van der Waals surface area (Å²) in [6.45, 7) is 0. The molecule has 0 aliphatic carbocycles. The molecule has 0 N–H and O–H groups in total. The maximum Gasteiger partial charge on any atom is 0.135 e. The van der Waals surface area contributed by atoms with Gasteiger partial charge in [-0.2, -0.15) is 0 Å². The smallest absolute Gasteiger partial charge is 0.135 e. The zero-order chi connectivity index (χ0) is 29.7. The molecule has 0 saturated carbocycles. The summed E-state index contributed by atoms with van der Waals surface area (Å²) in [5.41, 5.74) is 12.4. The van der Waals surface area contributed by atoms with Gasteiger partial charge in [0, 0.05) is 32.7 Å². The standard InChI is InChI=1S/C42H26N2O/c1-2-6-30(7-3-1)37-23-20-32-18-19-33-21-24-38(44-42(33)41(32)43-37)31-16-14-28(15-17-31)27-10-12-29(13-11-27)34-22-25-40-36(26-34)35-8-4-5-9-39(35)45-40/h1-26H. The lowest BCUT2D eigenvalue weighted by atomic mass is 9.98. The normalized spacial score (nSPS) is 11.6. The fourth-order valence-corrected chi connectivity index (χ4v) is 6.29. The van der Waals surface area contributed by atoms with Crippen molar-refractivity contribution in [3.05, 3.63) is 158 Å². The van der Waals surface area contributed by atoms with Crippen molar-refractivity contribution in [2.75, 3.05) is 0 Å². The van der Waals surface area contributed by atoms with Crippen molar-refractivity contribution in [3.63, 3.8) is 0 Å². The fourth-order valence-electron chi connectivity index (χ4n) is 6.29. The van der Waals surface area contributed by atoms with Gasteiger partial charge in [0.2, 0.25) is 0 Å². The second-order valence-electron chi connectivity index (χ2n) is 11.4. The zero-order valence-corrected chi connectivity index (χ0v) is 24.3. The first-order valence-corrected chi connectivity index (χ1v) is 15.2.